The highest BCUT2D eigenvalue weighted by atomic mass is 16.5. The van der Waals surface area contributed by atoms with Gasteiger partial charge in [-0.1, -0.05) is 12.1 Å². The summed E-state index contributed by atoms with van der Waals surface area (Å²) in [6.07, 6.45) is 2.03. The molecule has 0 radical (unpaired) electrons. The second-order valence-electron chi connectivity index (χ2n) is 3.52. The molecule has 0 atom stereocenters. The van der Waals surface area contributed by atoms with E-state index in [0.29, 0.717) is 25.0 Å². The quantitative estimate of drug-likeness (QED) is 0.565. The minimum Gasteiger partial charge on any atom is -0.462 e. The Morgan fingerprint density at radius 3 is 2.81 bits per heavy atom. The molecule has 16 heavy (non-hydrogen) atoms. The molecular formula is C13H16O3. The number of ether oxygens (including phenoxy) is 1. The molecule has 0 saturated heterocycles. The molecule has 0 saturated carbocycles. The van der Waals surface area contributed by atoms with Crippen LogP contribution in [0.4, 0.5) is 0 Å². The highest BCUT2D eigenvalue weighted by Crippen LogP contribution is 2.16. The third-order valence-corrected chi connectivity index (χ3v) is 2.47. The minimum atomic E-state index is -0.298. The molecule has 1 aromatic carbocycles. The van der Waals surface area contributed by atoms with Crippen molar-refractivity contribution >= 4 is 12.3 Å². The minimum absolute atomic E-state index is 0.298. The van der Waals surface area contributed by atoms with E-state index in [9.17, 15) is 9.59 Å². The SMILES string of the molecule is CCOC(=O)c1cccc(CCC=O)c1C. The highest BCUT2D eigenvalue weighted by molar-refractivity contribution is 5.91. The molecule has 0 aliphatic carbocycles. The topological polar surface area (TPSA) is 43.4 Å². The predicted molar refractivity (Wildman–Crippen MR) is 61.5 cm³/mol. The molecule has 0 aromatic heterocycles. The van der Waals surface area contributed by atoms with Crippen LogP contribution in [-0.4, -0.2) is 18.9 Å². The van der Waals surface area contributed by atoms with Crippen molar-refractivity contribution in [2.75, 3.05) is 6.61 Å². The van der Waals surface area contributed by atoms with Gasteiger partial charge in [-0.15, -0.1) is 0 Å². The molecule has 86 valence electrons. The lowest BCUT2D eigenvalue weighted by Crippen LogP contribution is -2.08. The van der Waals surface area contributed by atoms with Crippen molar-refractivity contribution in [2.24, 2.45) is 0 Å². The van der Waals surface area contributed by atoms with Crippen LogP contribution in [0, 0.1) is 6.92 Å². The van der Waals surface area contributed by atoms with Gasteiger partial charge in [0, 0.05) is 6.42 Å². The van der Waals surface area contributed by atoms with Gasteiger partial charge in [-0.3, -0.25) is 0 Å². The highest BCUT2D eigenvalue weighted by Gasteiger charge is 2.11. The maximum absolute atomic E-state index is 11.6. The fourth-order valence-electron chi connectivity index (χ4n) is 1.60. The van der Waals surface area contributed by atoms with Gasteiger partial charge in [0.2, 0.25) is 0 Å². The smallest absolute Gasteiger partial charge is 0.338 e. The standard InChI is InChI=1S/C13H16O3/c1-3-16-13(15)12-8-4-6-11(10(12)2)7-5-9-14/h4,6,8-9H,3,5,7H2,1-2H3. The van der Waals surface area contributed by atoms with E-state index in [1.807, 2.05) is 19.1 Å². The van der Waals surface area contributed by atoms with Gasteiger partial charge in [-0.25, -0.2) is 4.79 Å². The first-order valence-electron chi connectivity index (χ1n) is 5.40. The largest absolute Gasteiger partial charge is 0.462 e. The molecule has 3 nitrogen and oxygen atoms in total. The van der Waals surface area contributed by atoms with Crippen LogP contribution in [0.15, 0.2) is 18.2 Å². The maximum Gasteiger partial charge on any atom is 0.338 e. The van der Waals surface area contributed by atoms with Crippen molar-refractivity contribution in [3.8, 4) is 0 Å². The first-order valence-corrected chi connectivity index (χ1v) is 5.40. The zero-order valence-corrected chi connectivity index (χ0v) is 9.66. The number of rotatable bonds is 5. The van der Waals surface area contributed by atoms with Crippen LogP contribution in [-0.2, 0) is 16.0 Å². The lowest BCUT2D eigenvalue weighted by atomic mass is 9.99. The van der Waals surface area contributed by atoms with Gasteiger partial charge in [0.05, 0.1) is 12.2 Å². The molecule has 0 bridgehead atoms. The average molecular weight is 220 g/mol. The summed E-state index contributed by atoms with van der Waals surface area (Å²) in [5, 5.41) is 0. The Bertz CT molecular complexity index is 383. The van der Waals surface area contributed by atoms with Gasteiger partial charge in [-0.2, -0.15) is 0 Å². The van der Waals surface area contributed by atoms with Crippen LogP contribution in [0.1, 0.15) is 34.8 Å². The molecule has 3 heteroatoms. The maximum atomic E-state index is 11.6. The van der Waals surface area contributed by atoms with E-state index in [0.717, 1.165) is 17.4 Å². The lowest BCUT2D eigenvalue weighted by molar-refractivity contribution is -0.107. The van der Waals surface area contributed by atoms with Crippen molar-refractivity contribution in [2.45, 2.75) is 26.7 Å². The van der Waals surface area contributed by atoms with E-state index >= 15 is 0 Å². The molecule has 0 aliphatic heterocycles. The van der Waals surface area contributed by atoms with E-state index in [1.54, 1.807) is 13.0 Å². The summed E-state index contributed by atoms with van der Waals surface area (Å²) in [5.41, 5.74) is 2.52. The molecule has 0 amide bonds. The number of aryl methyl sites for hydroxylation is 1. The zero-order valence-electron chi connectivity index (χ0n) is 9.66. The van der Waals surface area contributed by atoms with Crippen LogP contribution >= 0.6 is 0 Å². The lowest BCUT2D eigenvalue weighted by Gasteiger charge is -2.09. The summed E-state index contributed by atoms with van der Waals surface area (Å²) in [6, 6.07) is 5.50. The number of benzene rings is 1. The number of carbonyl (C=O) groups is 2. The van der Waals surface area contributed by atoms with Crippen LogP contribution in [0.25, 0.3) is 0 Å². The average Bonchev–Trinajstić information content (AvgIpc) is 2.28. The second-order valence-corrected chi connectivity index (χ2v) is 3.52. The van der Waals surface area contributed by atoms with Crippen molar-refractivity contribution in [3.63, 3.8) is 0 Å². The van der Waals surface area contributed by atoms with Crippen LogP contribution < -0.4 is 0 Å². The van der Waals surface area contributed by atoms with Crippen LogP contribution in [0.5, 0.6) is 0 Å². The number of hydrogen-bond donors (Lipinski definition) is 0. The summed E-state index contributed by atoms with van der Waals surface area (Å²) in [5.74, 6) is -0.298. The Balaban J connectivity index is 2.93. The molecule has 1 rings (SSSR count). The fourth-order valence-corrected chi connectivity index (χ4v) is 1.60. The Hall–Kier alpha value is -1.64. The van der Waals surface area contributed by atoms with Gasteiger partial charge in [-0.05, 0) is 37.5 Å². The summed E-state index contributed by atoms with van der Waals surface area (Å²) in [4.78, 5) is 21.9. The first kappa shape index (κ1) is 12.4. The Labute approximate surface area is 95.4 Å². The van der Waals surface area contributed by atoms with E-state index in [2.05, 4.69) is 0 Å². The first-order chi connectivity index (χ1) is 7.70. The Morgan fingerprint density at radius 1 is 1.44 bits per heavy atom. The second kappa shape index (κ2) is 6.05. The third-order valence-electron chi connectivity index (χ3n) is 2.47. The monoisotopic (exact) mass is 220 g/mol. The van der Waals surface area contributed by atoms with Crippen molar-refractivity contribution in [3.05, 3.63) is 34.9 Å². The van der Waals surface area contributed by atoms with Crippen molar-refractivity contribution in [1.29, 1.82) is 0 Å². The molecule has 0 aliphatic rings. The van der Waals surface area contributed by atoms with Crippen molar-refractivity contribution in [1.82, 2.24) is 0 Å². The molecule has 0 spiro atoms. The van der Waals surface area contributed by atoms with E-state index in [-0.39, 0.29) is 5.97 Å². The molecule has 0 heterocycles. The molecule has 1 aromatic rings. The number of carbonyl (C=O) groups excluding carboxylic acids is 2. The normalized spacial score (nSPS) is 9.88. The Morgan fingerprint density at radius 2 is 2.19 bits per heavy atom. The Kier molecular flexibility index (Phi) is 4.70. The van der Waals surface area contributed by atoms with Crippen molar-refractivity contribution < 1.29 is 14.3 Å². The number of esters is 1. The third kappa shape index (κ3) is 2.92. The molecular weight excluding hydrogens is 204 g/mol. The number of hydrogen-bond acceptors (Lipinski definition) is 3. The van der Waals surface area contributed by atoms with Gasteiger partial charge in [0.15, 0.2) is 0 Å². The fraction of sp³-hybridized carbons (Fsp3) is 0.385. The summed E-state index contributed by atoms with van der Waals surface area (Å²) >= 11 is 0. The van der Waals surface area contributed by atoms with Crippen LogP contribution in [0.2, 0.25) is 0 Å². The summed E-state index contributed by atoms with van der Waals surface area (Å²) < 4.78 is 4.96. The molecule has 0 unspecified atom stereocenters. The van der Waals surface area contributed by atoms with Gasteiger partial charge in [0.1, 0.15) is 6.29 Å². The van der Waals surface area contributed by atoms with Gasteiger partial charge >= 0.3 is 5.97 Å². The molecule has 0 fully saturated rings. The van der Waals surface area contributed by atoms with Gasteiger partial charge < -0.3 is 9.53 Å². The number of aldehydes is 1. The molecule has 0 N–H and O–H groups in total. The van der Waals surface area contributed by atoms with E-state index in [4.69, 9.17) is 4.74 Å². The van der Waals surface area contributed by atoms with Crippen LogP contribution in [0.3, 0.4) is 0 Å². The zero-order chi connectivity index (χ0) is 12.0. The summed E-state index contributed by atoms with van der Waals surface area (Å²) in [7, 11) is 0. The van der Waals surface area contributed by atoms with E-state index < -0.39 is 0 Å². The van der Waals surface area contributed by atoms with Gasteiger partial charge in [0.25, 0.3) is 0 Å². The van der Waals surface area contributed by atoms with E-state index in [1.165, 1.54) is 0 Å². The summed E-state index contributed by atoms with van der Waals surface area (Å²) in [6.45, 7) is 4.03. The predicted octanol–water partition coefficient (Wildman–Crippen LogP) is 2.30.